The van der Waals surface area contributed by atoms with E-state index in [0.717, 1.165) is 0 Å². The number of hydrogen-bond acceptors (Lipinski definition) is 11. The van der Waals surface area contributed by atoms with E-state index in [1.807, 2.05) is 0 Å². The van der Waals surface area contributed by atoms with Crippen molar-refractivity contribution in [2.24, 2.45) is 16.7 Å². The average molecular weight is 589 g/mol. The van der Waals surface area contributed by atoms with Crippen molar-refractivity contribution in [1.29, 1.82) is 0 Å². The van der Waals surface area contributed by atoms with Gasteiger partial charge in [0.05, 0.1) is 41.3 Å². The zero-order valence-electron chi connectivity index (χ0n) is 24.7. The summed E-state index contributed by atoms with van der Waals surface area (Å²) in [6.45, 7) is 8.53. The summed E-state index contributed by atoms with van der Waals surface area (Å²) in [5.74, 6) is -3.19. The quantitative estimate of drug-likeness (QED) is 0.223. The summed E-state index contributed by atoms with van der Waals surface area (Å²) in [5, 5.41) is 47.6. The second-order valence-corrected chi connectivity index (χ2v) is 13.0. The lowest BCUT2D eigenvalue weighted by Gasteiger charge is -2.65. The third-order valence-corrected chi connectivity index (χ3v) is 10.3. The van der Waals surface area contributed by atoms with E-state index in [9.17, 15) is 34.8 Å². The Bertz CT molecular complexity index is 1300. The minimum atomic E-state index is -1.77. The Hall–Kier alpha value is -2.83. The summed E-state index contributed by atoms with van der Waals surface area (Å²) in [7, 11) is 0. The summed E-state index contributed by atoms with van der Waals surface area (Å²) in [6.07, 6.45) is -7.92. The summed E-state index contributed by atoms with van der Waals surface area (Å²) in [6, 6.07) is 8.18. The maximum absolute atomic E-state index is 13.8. The Morgan fingerprint density at radius 3 is 2.19 bits per heavy atom. The number of hydrogen-bond donors (Lipinski definition) is 4. The predicted octanol–water partition coefficient (Wildman–Crippen LogP) is 1.44. The number of aliphatic hydroxyl groups excluding tert-OH is 3. The van der Waals surface area contributed by atoms with Crippen LogP contribution in [0.25, 0.3) is 0 Å². The highest BCUT2D eigenvalue weighted by Crippen LogP contribution is 2.67. The lowest BCUT2D eigenvalue weighted by Crippen LogP contribution is -2.78. The van der Waals surface area contributed by atoms with E-state index in [1.165, 1.54) is 27.7 Å². The van der Waals surface area contributed by atoms with Crippen molar-refractivity contribution in [3.05, 3.63) is 47.0 Å². The number of rotatable bonds is 5. The molecule has 3 aliphatic carbocycles. The molecule has 10 atom stereocenters. The largest absolute Gasteiger partial charge is 0.458 e. The van der Waals surface area contributed by atoms with E-state index < -0.39 is 82.5 Å². The van der Waals surface area contributed by atoms with Crippen LogP contribution in [0.4, 0.5) is 0 Å². The van der Waals surface area contributed by atoms with E-state index in [1.54, 1.807) is 44.2 Å². The van der Waals surface area contributed by atoms with Gasteiger partial charge in [-0.1, -0.05) is 25.1 Å². The van der Waals surface area contributed by atoms with E-state index in [-0.39, 0.29) is 30.6 Å². The summed E-state index contributed by atoms with van der Waals surface area (Å²) in [4.78, 5) is 38.6. The van der Waals surface area contributed by atoms with Crippen molar-refractivity contribution in [2.75, 3.05) is 6.61 Å². The molecule has 0 spiro atoms. The van der Waals surface area contributed by atoms with Gasteiger partial charge in [-0.05, 0) is 44.1 Å². The van der Waals surface area contributed by atoms with Crippen LogP contribution in [0.15, 0.2) is 41.5 Å². The maximum Gasteiger partial charge on any atom is 0.338 e. The summed E-state index contributed by atoms with van der Waals surface area (Å²) in [5.41, 5.74) is -5.81. The highest BCUT2D eigenvalue weighted by Gasteiger charge is 2.79. The van der Waals surface area contributed by atoms with Gasteiger partial charge in [-0.2, -0.15) is 0 Å². The van der Waals surface area contributed by atoms with Crippen molar-refractivity contribution in [2.45, 2.75) is 102 Å². The molecule has 0 bridgehead atoms. The fourth-order valence-electron chi connectivity index (χ4n) is 8.32. The molecule has 11 nitrogen and oxygen atoms in total. The van der Waals surface area contributed by atoms with Crippen LogP contribution >= 0.6 is 0 Å². The fourth-order valence-corrected chi connectivity index (χ4v) is 8.32. The lowest BCUT2D eigenvalue weighted by atomic mass is 9.49. The zero-order chi connectivity index (χ0) is 31.0. The van der Waals surface area contributed by atoms with Crippen molar-refractivity contribution >= 4 is 17.9 Å². The molecule has 5 rings (SSSR count). The van der Waals surface area contributed by atoms with Gasteiger partial charge >= 0.3 is 17.9 Å². The molecule has 230 valence electrons. The highest BCUT2D eigenvalue weighted by atomic mass is 16.6. The van der Waals surface area contributed by atoms with Crippen LogP contribution in [-0.2, 0) is 28.5 Å². The maximum atomic E-state index is 13.8. The van der Waals surface area contributed by atoms with Gasteiger partial charge in [-0.15, -0.1) is 0 Å². The first-order chi connectivity index (χ1) is 19.5. The molecular weight excluding hydrogens is 548 g/mol. The molecule has 3 fully saturated rings. The smallest absolute Gasteiger partial charge is 0.338 e. The molecule has 1 aliphatic heterocycles. The molecule has 11 heteroatoms. The Kier molecular flexibility index (Phi) is 7.38. The Morgan fingerprint density at radius 2 is 1.67 bits per heavy atom. The van der Waals surface area contributed by atoms with Crippen LogP contribution < -0.4 is 0 Å². The van der Waals surface area contributed by atoms with Gasteiger partial charge in [0.1, 0.15) is 24.4 Å². The number of carbonyl (C=O) groups is 3. The predicted molar refractivity (Wildman–Crippen MR) is 146 cm³/mol. The van der Waals surface area contributed by atoms with Gasteiger partial charge in [0.2, 0.25) is 0 Å². The summed E-state index contributed by atoms with van der Waals surface area (Å²) < 4.78 is 23.8. The van der Waals surface area contributed by atoms with Crippen LogP contribution in [0, 0.1) is 16.7 Å². The number of ether oxygens (including phenoxy) is 4. The molecular formula is C31H40O11. The van der Waals surface area contributed by atoms with Crippen LogP contribution in [0.5, 0.6) is 0 Å². The van der Waals surface area contributed by atoms with E-state index in [4.69, 9.17) is 18.9 Å². The van der Waals surface area contributed by atoms with E-state index in [2.05, 4.69) is 0 Å². The third kappa shape index (κ3) is 4.16. The molecule has 1 aromatic rings. The first-order valence-corrected chi connectivity index (χ1v) is 14.2. The molecule has 2 saturated carbocycles. The summed E-state index contributed by atoms with van der Waals surface area (Å²) >= 11 is 0. The van der Waals surface area contributed by atoms with E-state index in [0.29, 0.717) is 5.57 Å². The number of aliphatic hydroxyl groups is 4. The molecule has 0 radical (unpaired) electrons. The monoisotopic (exact) mass is 588 g/mol. The minimum absolute atomic E-state index is 0.0208. The SMILES string of the molecule is CC(=O)OC1C[C@@]2(C(C)(C)O)C(=C1C)C(O)C(O)[C@]1(C)C(O)CC3OC[C@@]3(OC(C)=O)[C@H]1C2OC(=O)c1ccccc1. The number of fused-ring (bicyclic) bond motifs is 4. The molecule has 0 aromatic heterocycles. The minimum Gasteiger partial charge on any atom is -0.458 e. The second kappa shape index (κ2) is 10.1. The van der Waals surface area contributed by atoms with Gasteiger partial charge in [0.15, 0.2) is 5.60 Å². The van der Waals surface area contributed by atoms with Crippen LogP contribution in [0.2, 0.25) is 0 Å². The number of benzene rings is 1. The molecule has 1 aromatic carbocycles. The normalized spacial score (nSPS) is 41.0. The second-order valence-electron chi connectivity index (χ2n) is 13.0. The average Bonchev–Trinajstić information content (AvgIpc) is 3.17. The van der Waals surface area contributed by atoms with Gasteiger partial charge < -0.3 is 39.4 Å². The van der Waals surface area contributed by atoms with Crippen molar-refractivity contribution < 1.29 is 53.8 Å². The number of esters is 3. The fraction of sp³-hybridized carbons (Fsp3) is 0.645. The molecule has 1 heterocycles. The molecule has 4 aliphatic rings. The van der Waals surface area contributed by atoms with Crippen molar-refractivity contribution in [3.8, 4) is 0 Å². The first kappa shape index (κ1) is 30.6. The molecule has 4 N–H and O–H groups in total. The highest BCUT2D eigenvalue weighted by molar-refractivity contribution is 5.89. The molecule has 1 saturated heterocycles. The first-order valence-electron chi connectivity index (χ1n) is 14.2. The van der Waals surface area contributed by atoms with Crippen molar-refractivity contribution in [1.82, 2.24) is 0 Å². The van der Waals surface area contributed by atoms with Gasteiger partial charge in [0, 0.05) is 32.1 Å². The van der Waals surface area contributed by atoms with E-state index >= 15 is 0 Å². The van der Waals surface area contributed by atoms with Crippen LogP contribution in [0.3, 0.4) is 0 Å². The Morgan fingerprint density at radius 1 is 1.02 bits per heavy atom. The number of carbonyl (C=O) groups excluding carboxylic acids is 3. The lowest BCUT2D eigenvalue weighted by molar-refractivity contribution is -0.351. The van der Waals surface area contributed by atoms with Crippen LogP contribution in [0.1, 0.15) is 64.7 Å². The topological polar surface area (TPSA) is 169 Å². The van der Waals surface area contributed by atoms with Gasteiger partial charge in [-0.3, -0.25) is 9.59 Å². The molecule has 6 unspecified atom stereocenters. The van der Waals surface area contributed by atoms with Crippen molar-refractivity contribution in [3.63, 3.8) is 0 Å². The molecule has 42 heavy (non-hydrogen) atoms. The Labute approximate surface area is 244 Å². The van der Waals surface area contributed by atoms with Gasteiger partial charge in [0.25, 0.3) is 0 Å². The van der Waals surface area contributed by atoms with Crippen LogP contribution in [-0.4, -0.2) is 92.8 Å². The third-order valence-electron chi connectivity index (χ3n) is 10.3. The Balaban J connectivity index is 1.84. The zero-order valence-corrected chi connectivity index (χ0v) is 24.7. The van der Waals surface area contributed by atoms with Gasteiger partial charge in [-0.25, -0.2) is 4.79 Å². The molecule has 0 amide bonds. The standard InChI is InChI=1S/C31H40O11/c1-15-19(40-16(2)32)13-30(28(4,5)38)22(15)23(35)25(36)29(6)20(34)12-21-31(14-39-21,42-17(3)33)24(29)26(30)41-27(37)18-10-8-7-9-11-18/h7-11,19-21,23-26,34-36,38H,12-14H2,1-6H3/t19?,20?,21?,23?,24-,25?,26?,29+,30+,31-/m0/s1.